The molecule has 0 unspecified atom stereocenters. The van der Waals surface area contributed by atoms with Crippen LogP contribution in [0.2, 0.25) is 0 Å². The summed E-state index contributed by atoms with van der Waals surface area (Å²) in [7, 11) is 0. The van der Waals surface area contributed by atoms with Crippen molar-refractivity contribution in [3.8, 4) is 0 Å². The van der Waals surface area contributed by atoms with E-state index in [-0.39, 0.29) is 18.0 Å². The molecule has 5 nitrogen and oxygen atoms in total. The fourth-order valence-corrected chi connectivity index (χ4v) is 2.57. The molecule has 1 aliphatic carbocycles. The zero-order valence-electron chi connectivity index (χ0n) is 11.8. The van der Waals surface area contributed by atoms with Gasteiger partial charge >= 0.3 is 12.0 Å². The van der Waals surface area contributed by atoms with Crippen LogP contribution in [0.1, 0.15) is 30.4 Å². The van der Waals surface area contributed by atoms with Crippen molar-refractivity contribution >= 4 is 17.7 Å². The molecule has 3 N–H and O–H groups in total. The third-order valence-electron chi connectivity index (χ3n) is 3.97. The van der Waals surface area contributed by atoms with Crippen molar-refractivity contribution in [3.63, 3.8) is 0 Å². The average Bonchev–Trinajstić information content (AvgIpc) is 2.83. The lowest BCUT2D eigenvalue weighted by Gasteiger charge is -2.15. The molecule has 0 spiro atoms. The number of anilines is 1. The normalized spacial score (nSPS) is 21.5. The molecule has 1 fully saturated rings. The van der Waals surface area contributed by atoms with Gasteiger partial charge in [-0.2, -0.15) is 0 Å². The van der Waals surface area contributed by atoms with Crippen LogP contribution < -0.4 is 10.6 Å². The number of amides is 2. The molecular formula is C15H20N2O3. The highest BCUT2D eigenvalue weighted by Gasteiger charge is 2.30. The molecule has 20 heavy (non-hydrogen) atoms. The molecule has 1 aliphatic rings. The Hall–Kier alpha value is -2.04. The molecule has 1 saturated carbocycles. The minimum Gasteiger partial charge on any atom is -0.481 e. The third-order valence-corrected chi connectivity index (χ3v) is 3.97. The molecule has 2 amide bonds. The Kier molecular flexibility index (Phi) is 4.27. The number of hydrogen-bond acceptors (Lipinski definition) is 2. The number of carbonyl (C=O) groups is 2. The fraction of sp³-hybridized carbons (Fsp3) is 0.467. The lowest BCUT2D eigenvalue weighted by atomic mass is 10.1. The van der Waals surface area contributed by atoms with Crippen molar-refractivity contribution in [1.82, 2.24) is 5.32 Å². The highest BCUT2D eigenvalue weighted by Crippen LogP contribution is 2.26. The average molecular weight is 276 g/mol. The minimum atomic E-state index is -0.774. The van der Waals surface area contributed by atoms with E-state index >= 15 is 0 Å². The Bertz CT molecular complexity index is 528. The van der Waals surface area contributed by atoms with Crippen LogP contribution in [0.4, 0.5) is 10.5 Å². The van der Waals surface area contributed by atoms with Crippen LogP contribution in [0.15, 0.2) is 18.2 Å². The predicted molar refractivity (Wildman–Crippen MR) is 76.8 cm³/mol. The lowest BCUT2D eigenvalue weighted by Crippen LogP contribution is -2.36. The maximum Gasteiger partial charge on any atom is 0.319 e. The molecule has 0 saturated heterocycles. The first-order valence-electron chi connectivity index (χ1n) is 6.84. The van der Waals surface area contributed by atoms with Gasteiger partial charge in [0.2, 0.25) is 0 Å². The number of aryl methyl sites for hydroxylation is 1. The number of rotatable bonds is 3. The van der Waals surface area contributed by atoms with Gasteiger partial charge < -0.3 is 15.7 Å². The highest BCUT2D eigenvalue weighted by atomic mass is 16.4. The molecule has 2 rings (SSSR count). The molecule has 1 aromatic rings. The van der Waals surface area contributed by atoms with E-state index in [1.807, 2.05) is 32.0 Å². The zero-order valence-corrected chi connectivity index (χ0v) is 11.8. The number of carboxylic acids is 1. The second kappa shape index (κ2) is 5.94. The topological polar surface area (TPSA) is 78.4 Å². The van der Waals surface area contributed by atoms with Crippen molar-refractivity contribution < 1.29 is 14.7 Å². The van der Waals surface area contributed by atoms with E-state index in [0.29, 0.717) is 12.8 Å². The van der Waals surface area contributed by atoms with Gasteiger partial charge in [0.15, 0.2) is 0 Å². The molecule has 108 valence electrons. The van der Waals surface area contributed by atoms with Gasteiger partial charge in [0.05, 0.1) is 5.92 Å². The number of nitrogens with one attached hydrogen (secondary N) is 2. The highest BCUT2D eigenvalue weighted by molar-refractivity contribution is 5.90. The number of carbonyl (C=O) groups excluding carboxylic acids is 1. The van der Waals surface area contributed by atoms with Crippen molar-refractivity contribution in [3.05, 3.63) is 29.3 Å². The number of aliphatic carboxylic acids is 1. The number of urea groups is 1. The van der Waals surface area contributed by atoms with E-state index in [4.69, 9.17) is 5.11 Å². The maximum atomic E-state index is 11.9. The van der Waals surface area contributed by atoms with E-state index in [9.17, 15) is 9.59 Å². The Morgan fingerprint density at radius 2 is 2.00 bits per heavy atom. The van der Waals surface area contributed by atoms with E-state index in [0.717, 1.165) is 23.2 Å². The van der Waals surface area contributed by atoms with Gasteiger partial charge in [0.1, 0.15) is 0 Å². The first-order valence-corrected chi connectivity index (χ1v) is 6.84. The van der Waals surface area contributed by atoms with Crippen LogP contribution in [0, 0.1) is 19.8 Å². The third kappa shape index (κ3) is 3.29. The molecule has 0 aliphatic heterocycles. The summed E-state index contributed by atoms with van der Waals surface area (Å²) in [6.07, 6.45) is 1.86. The SMILES string of the molecule is Cc1cccc(NC(=O)N[C@H]2CC[C@@H](C(=O)O)C2)c1C. The summed E-state index contributed by atoms with van der Waals surface area (Å²) in [5.74, 6) is -1.11. The monoisotopic (exact) mass is 276 g/mol. The van der Waals surface area contributed by atoms with E-state index in [1.165, 1.54) is 0 Å². The van der Waals surface area contributed by atoms with Gasteiger partial charge in [-0.1, -0.05) is 12.1 Å². The molecule has 5 heteroatoms. The Labute approximate surface area is 118 Å². The summed E-state index contributed by atoms with van der Waals surface area (Å²) < 4.78 is 0. The van der Waals surface area contributed by atoms with Gasteiger partial charge in [0.25, 0.3) is 0 Å². The second-order valence-corrected chi connectivity index (χ2v) is 5.39. The quantitative estimate of drug-likeness (QED) is 0.794. The molecule has 0 radical (unpaired) electrons. The van der Waals surface area contributed by atoms with Crippen molar-refractivity contribution in [2.24, 2.45) is 5.92 Å². The van der Waals surface area contributed by atoms with Crippen molar-refractivity contribution in [2.45, 2.75) is 39.2 Å². The standard InChI is InChI=1S/C15H20N2O3/c1-9-4-3-5-13(10(9)2)17-15(20)16-12-7-6-11(8-12)14(18)19/h3-5,11-12H,6-8H2,1-2H3,(H,18,19)(H2,16,17,20)/t11-,12+/m1/s1. The van der Waals surface area contributed by atoms with Crippen molar-refractivity contribution in [2.75, 3.05) is 5.32 Å². The lowest BCUT2D eigenvalue weighted by molar-refractivity contribution is -0.141. The van der Waals surface area contributed by atoms with E-state index in [1.54, 1.807) is 0 Å². The number of hydrogen-bond donors (Lipinski definition) is 3. The zero-order chi connectivity index (χ0) is 14.7. The molecule has 0 aromatic heterocycles. The first kappa shape index (κ1) is 14.4. The van der Waals surface area contributed by atoms with Gasteiger partial charge in [0, 0.05) is 11.7 Å². The van der Waals surface area contributed by atoms with Crippen LogP contribution in [0.3, 0.4) is 0 Å². The molecular weight excluding hydrogens is 256 g/mol. The summed E-state index contributed by atoms with van der Waals surface area (Å²) in [6.45, 7) is 3.95. The molecule has 0 bridgehead atoms. The Morgan fingerprint density at radius 1 is 1.25 bits per heavy atom. The van der Waals surface area contributed by atoms with Crippen LogP contribution >= 0.6 is 0 Å². The van der Waals surface area contributed by atoms with E-state index < -0.39 is 5.97 Å². The fourth-order valence-electron chi connectivity index (χ4n) is 2.57. The smallest absolute Gasteiger partial charge is 0.319 e. The summed E-state index contributed by atoms with van der Waals surface area (Å²) in [4.78, 5) is 22.8. The second-order valence-electron chi connectivity index (χ2n) is 5.39. The van der Waals surface area contributed by atoms with Gasteiger partial charge in [-0.05, 0) is 50.3 Å². The molecule has 2 atom stereocenters. The first-order chi connectivity index (χ1) is 9.47. The van der Waals surface area contributed by atoms with Crippen LogP contribution in [0.5, 0.6) is 0 Å². The Morgan fingerprint density at radius 3 is 2.65 bits per heavy atom. The molecule has 1 aromatic carbocycles. The maximum absolute atomic E-state index is 11.9. The minimum absolute atomic E-state index is 0.0544. The van der Waals surface area contributed by atoms with Crippen LogP contribution in [0.25, 0.3) is 0 Å². The summed E-state index contributed by atoms with van der Waals surface area (Å²) in [5.41, 5.74) is 2.95. The van der Waals surface area contributed by atoms with Gasteiger partial charge in [-0.3, -0.25) is 4.79 Å². The number of carboxylic acid groups (broad SMARTS) is 1. The van der Waals surface area contributed by atoms with E-state index in [2.05, 4.69) is 10.6 Å². The largest absolute Gasteiger partial charge is 0.481 e. The van der Waals surface area contributed by atoms with Gasteiger partial charge in [-0.15, -0.1) is 0 Å². The predicted octanol–water partition coefficient (Wildman–Crippen LogP) is 2.68. The van der Waals surface area contributed by atoms with Crippen LogP contribution in [-0.4, -0.2) is 23.1 Å². The Balaban J connectivity index is 1.90. The van der Waals surface area contributed by atoms with Gasteiger partial charge in [-0.25, -0.2) is 4.79 Å². The summed E-state index contributed by atoms with van der Waals surface area (Å²) >= 11 is 0. The summed E-state index contributed by atoms with van der Waals surface area (Å²) in [5, 5.41) is 14.6. The summed E-state index contributed by atoms with van der Waals surface area (Å²) in [6, 6.07) is 5.42. The van der Waals surface area contributed by atoms with Crippen molar-refractivity contribution in [1.29, 1.82) is 0 Å². The van der Waals surface area contributed by atoms with Crippen LogP contribution in [-0.2, 0) is 4.79 Å². The number of benzene rings is 1. The molecule has 0 heterocycles.